The van der Waals surface area contributed by atoms with Gasteiger partial charge in [0.2, 0.25) is 0 Å². The highest BCUT2D eigenvalue weighted by molar-refractivity contribution is 6.31. The second kappa shape index (κ2) is 7.70. The molecule has 17 heavy (non-hydrogen) atoms. The predicted molar refractivity (Wildman–Crippen MR) is 73.6 cm³/mol. The summed E-state index contributed by atoms with van der Waals surface area (Å²) in [5.74, 6) is 0. The van der Waals surface area contributed by atoms with Crippen molar-refractivity contribution in [2.24, 2.45) is 0 Å². The summed E-state index contributed by atoms with van der Waals surface area (Å²) in [6.45, 7) is 5.26. The average Bonchev–Trinajstić information content (AvgIpc) is 2.36. The molecule has 2 atom stereocenters. The zero-order valence-electron chi connectivity index (χ0n) is 10.9. The van der Waals surface area contributed by atoms with Crippen LogP contribution >= 0.6 is 11.6 Å². The van der Waals surface area contributed by atoms with Gasteiger partial charge in [-0.15, -0.1) is 0 Å². The summed E-state index contributed by atoms with van der Waals surface area (Å²) in [5.41, 5.74) is 1.12. The van der Waals surface area contributed by atoms with Crippen LogP contribution in [0.15, 0.2) is 24.3 Å². The Bertz CT molecular complexity index is 326. The molecule has 0 aromatic heterocycles. The lowest BCUT2D eigenvalue weighted by molar-refractivity contribution is 0.0651. The lowest BCUT2D eigenvalue weighted by Gasteiger charge is -2.27. The minimum Gasteiger partial charge on any atom is -0.379 e. The monoisotopic (exact) mass is 255 g/mol. The Kier molecular flexibility index (Phi) is 6.56. The molecule has 3 heteroatoms. The Morgan fingerprint density at radius 3 is 2.53 bits per heavy atom. The molecular formula is C14H22ClNO. The second-order valence-corrected chi connectivity index (χ2v) is 4.54. The van der Waals surface area contributed by atoms with Gasteiger partial charge in [0, 0.05) is 12.1 Å². The lowest BCUT2D eigenvalue weighted by Crippen LogP contribution is -2.33. The zero-order chi connectivity index (χ0) is 12.7. The number of halogens is 1. The molecule has 0 aliphatic heterocycles. The fourth-order valence-electron chi connectivity index (χ4n) is 2.01. The molecule has 0 spiro atoms. The van der Waals surface area contributed by atoms with E-state index < -0.39 is 0 Å². The van der Waals surface area contributed by atoms with Crippen LogP contribution in [0.2, 0.25) is 5.02 Å². The summed E-state index contributed by atoms with van der Waals surface area (Å²) in [7, 11) is 1.76. The van der Waals surface area contributed by atoms with E-state index in [9.17, 15) is 0 Å². The molecule has 96 valence electrons. The maximum Gasteiger partial charge on any atom is 0.0763 e. The van der Waals surface area contributed by atoms with Gasteiger partial charge in [0.1, 0.15) is 0 Å². The minimum atomic E-state index is 0.154. The molecule has 0 radical (unpaired) electrons. The molecule has 1 aromatic rings. The maximum absolute atomic E-state index is 6.26. The molecule has 0 bridgehead atoms. The first-order valence-corrected chi connectivity index (χ1v) is 6.62. The Morgan fingerprint density at radius 1 is 1.29 bits per heavy atom. The van der Waals surface area contributed by atoms with E-state index in [0.29, 0.717) is 0 Å². The summed E-state index contributed by atoms with van der Waals surface area (Å²) in [4.78, 5) is 0. The van der Waals surface area contributed by atoms with E-state index in [1.165, 1.54) is 0 Å². The fraction of sp³-hybridized carbons (Fsp3) is 0.571. The van der Waals surface area contributed by atoms with Crippen LogP contribution in [0.5, 0.6) is 0 Å². The highest BCUT2D eigenvalue weighted by Gasteiger charge is 2.22. The first-order valence-electron chi connectivity index (χ1n) is 6.25. The third kappa shape index (κ3) is 3.98. The van der Waals surface area contributed by atoms with Crippen LogP contribution in [0.1, 0.15) is 38.3 Å². The second-order valence-electron chi connectivity index (χ2n) is 4.14. The Hall–Kier alpha value is -0.570. The number of nitrogens with one attached hydrogen (secondary N) is 1. The zero-order valence-corrected chi connectivity index (χ0v) is 11.6. The quantitative estimate of drug-likeness (QED) is 0.800. The average molecular weight is 256 g/mol. The molecule has 1 rings (SSSR count). The summed E-state index contributed by atoms with van der Waals surface area (Å²) >= 11 is 6.26. The molecule has 1 aromatic carbocycles. The number of hydrogen-bond donors (Lipinski definition) is 1. The van der Waals surface area contributed by atoms with Gasteiger partial charge in [0.05, 0.1) is 12.1 Å². The SMILES string of the molecule is CCCNC(c1ccccc1Cl)C(CC)OC. The fourth-order valence-corrected chi connectivity index (χ4v) is 2.26. The Morgan fingerprint density at radius 2 is 2.00 bits per heavy atom. The number of ether oxygens (including phenoxy) is 1. The van der Waals surface area contributed by atoms with Crippen LogP contribution in [0.4, 0.5) is 0 Å². The third-order valence-corrected chi connectivity index (χ3v) is 3.28. The Labute approximate surface area is 109 Å². The van der Waals surface area contributed by atoms with E-state index in [2.05, 4.69) is 25.2 Å². The predicted octanol–water partition coefficient (Wildman–Crippen LogP) is 3.81. The van der Waals surface area contributed by atoms with Gasteiger partial charge in [-0.3, -0.25) is 0 Å². The molecular weight excluding hydrogens is 234 g/mol. The van der Waals surface area contributed by atoms with Gasteiger partial charge in [-0.25, -0.2) is 0 Å². The summed E-state index contributed by atoms with van der Waals surface area (Å²) in [6, 6.07) is 8.14. The summed E-state index contributed by atoms with van der Waals surface area (Å²) < 4.78 is 5.55. The smallest absolute Gasteiger partial charge is 0.0763 e. The molecule has 1 N–H and O–H groups in total. The molecule has 0 saturated carbocycles. The van der Waals surface area contributed by atoms with Crippen LogP contribution in [-0.4, -0.2) is 19.8 Å². The van der Waals surface area contributed by atoms with Crippen LogP contribution in [0, 0.1) is 0 Å². The van der Waals surface area contributed by atoms with Crippen LogP contribution < -0.4 is 5.32 Å². The molecule has 2 nitrogen and oxygen atoms in total. The van der Waals surface area contributed by atoms with Gasteiger partial charge in [-0.05, 0) is 31.0 Å². The van der Waals surface area contributed by atoms with Gasteiger partial charge in [0.15, 0.2) is 0 Å². The van der Waals surface area contributed by atoms with Gasteiger partial charge in [-0.1, -0.05) is 43.6 Å². The van der Waals surface area contributed by atoms with Crippen molar-refractivity contribution in [1.29, 1.82) is 0 Å². The Balaban J connectivity index is 2.92. The van der Waals surface area contributed by atoms with Crippen molar-refractivity contribution in [3.8, 4) is 0 Å². The lowest BCUT2D eigenvalue weighted by atomic mass is 9.99. The van der Waals surface area contributed by atoms with Crippen molar-refractivity contribution in [3.05, 3.63) is 34.9 Å². The minimum absolute atomic E-state index is 0.154. The van der Waals surface area contributed by atoms with E-state index in [1.54, 1.807) is 7.11 Å². The highest BCUT2D eigenvalue weighted by atomic mass is 35.5. The van der Waals surface area contributed by atoms with Crippen LogP contribution in [-0.2, 0) is 4.74 Å². The molecule has 0 aliphatic rings. The van der Waals surface area contributed by atoms with Gasteiger partial charge in [-0.2, -0.15) is 0 Å². The van der Waals surface area contributed by atoms with E-state index >= 15 is 0 Å². The third-order valence-electron chi connectivity index (χ3n) is 2.93. The summed E-state index contributed by atoms with van der Waals surface area (Å²) in [6.07, 6.45) is 2.21. The van der Waals surface area contributed by atoms with E-state index in [1.807, 2.05) is 18.2 Å². The molecule has 2 unspecified atom stereocenters. The first-order chi connectivity index (χ1) is 8.24. The van der Waals surface area contributed by atoms with Gasteiger partial charge < -0.3 is 10.1 Å². The van der Waals surface area contributed by atoms with Crippen molar-refractivity contribution >= 4 is 11.6 Å². The maximum atomic E-state index is 6.26. The van der Waals surface area contributed by atoms with E-state index in [4.69, 9.17) is 16.3 Å². The molecule has 0 amide bonds. The van der Waals surface area contributed by atoms with Gasteiger partial charge in [0.25, 0.3) is 0 Å². The van der Waals surface area contributed by atoms with Crippen LogP contribution in [0.25, 0.3) is 0 Å². The molecule has 0 saturated heterocycles. The number of hydrogen-bond acceptors (Lipinski definition) is 2. The van der Waals surface area contributed by atoms with Crippen LogP contribution in [0.3, 0.4) is 0 Å². The molecule has 0 fully saturated rings. The van der Waals surface area contributed by atoms with Crippen molar-refractivity contribution in [3.63, 3.8) is 0 Å². The normalized spacial score (nSPS) is 14.6. The van der Waals surface area contributed by atoms with Crippen molar-refractivity contribution < 1.29 is 4.74 Å². The largest absolute Gasteiger partial charge is 0.379 e. The van der Waals surface area contributed by atoms with E-state index in [-0.39, 0.29) is 12.1 Å². The number of rotatable bonds is 7. The number of benzene rings is 1. The van der Waals surface area contributed by atoms with E-state index in [0.717, 1.165) is 30.0 Å². The standard InChI is InChI=1S/C14H22ClNO/c1-4-10-16-14(13(5-2)17-3)11-8-6-7-9-12(11)15/h6-9,13-14,16H,4-5,10H2,1-3H3. The highest BCUT2D eigenvalue weighted by Crippen LogP contribution is 2.27. The molecule has 0 heterocycles. The first kappa shape index (κ1) is 14.5. The number of methoxy groups -OCH3 is 1. The van der Waals surface area contributed by atoms with Gasteiger partial charge >= 0.3 is 0 Å². The van der Waals surface area contributed by atoms with Crippen molar-refractivity contribution in [2.45, 2.75) is 38.8 Å². The topological polar surface area (TPSA) is 21.3 Å². The summed E-state index contributed by atoms with van der Waals surface area (Å²) in [5, 5.41) is 4.32. The van der Waals surface area contributed by atoms with Crippen molar-refractivity contribution in [2.75, 3.05) is 13.7 Å². The van der Waals surface area contributed by atoms with Crippen molar-refractivity contribution in [1.82, 2.24) is 5.32 Å². The molecule has 0 aliphatic carbocycles.